The summed E-state index contributed by atoms with van der Waals surface area (Å²) in [6.45, 7) is 0. The molecule has 0 bridgehead atoms. The first-order valence-corrected chi connectivity index (χ1v) is 11.7. The number of benzene rings is 2. The zero-order chi connectivity index (χ0) is 21.3. The molecule has 2 aromatic carbocycles. The highest BCUT2D eigenvalue weighted by Crippen LogP contribution is 2.34. The number of nitrogens with zero attached hydrogens (tertiary/aromatic N) is 1. The molecule has 3 N–H and O–H groups in total. The van der Waals surface area contributed by atoms with Crippen molar-refractivity contribution in [2.45, 2.75) is 9.79 Å². The van der Waals surface area contributed by atoms with Crippen LogP contribution in [0, 0.1) is 5.41 Å². The van der Waals surface area contributed by atoms with Crippen molar-refractivity contribution in [3.8, 4) is 0 Å². The summed E-state index contributed by atoms with van der Waals surface area (Å²) in [6.07, 6.45) is 5.24. The number of hydrogen-bond donors (Lipinski definition) is 3. The number of allylic oxidation sites excluding steroid dienone is 1. The Morgan fingerprint density at radius 2 is 1.93 bits per heavy atom. The molecule has 3 aromatic rings. The van der Waals surface area contributed by atoms with Gasteiger partial charge in [0.25, 0.3) is 5.91 Å². The molecule has 0 radical (unpaired) electrons. The van der Waals surface area contributed by atoms with Gasteiger partial charge in [-0.05, 0) is 66.4 Å². The fourth-order valence-electron chi connectivity index (χ4n) is 2.70. The molecule has 150 valence electrons. The molecular weight excluding hydrogens is 431 g/mol. The van der Waals surface area contributed by atoms with E-state index in [4.69, 9.17) is 17.2 Å². The number of anilines is 1. The molecule has 0 aliphatic heterocycles. The molecule has 0 saturated carbocycles. The van der Waals surface area contributed by atoms with Crippen LogP contribution in [0.3, 0.4) is 0 Å². The summed E-state index contributed by atoms with van der Waals surface area (Å²) in [4.78, 5) is 18.2. The quantitative estimate of drug-likeness (QED) is 0.316. The zero-order valence-electron chi connectivity index (χ0n) is 16.1. The molecule has 0 aliphatic rings. The van der Waals surface area contributed by atoms with E-state index in [9.17, 15) is 4.79 Å². The number of carbonyl (C=O) groups excluding carboxylic acids is 1. The Labute approximate surface area is 186 Å². The highest BCUT2D eigenvalue weighted by molar-refractivity contribution is 7.99. The number of nitrogens with one attached hydrogen (secondary N) is 3. The molecule has 0 spiro atoms. The molecular formula is C22H19N4OPS2. The average Bonchev–Trinajstić information content (AvgIpc) is 2.78. The lowest BCUT2D eigenvalue weighted by Gasteiger charge is -2.12. The van der Waals surface area contributed by atoms with Crippen molar-refractivity contribution in [2.24, 2.45) is 0 Å². The summed E-state index contributed by atoms with van der Waals surface area (Å²) in [5.41, 5.74) is 3.27. The summed E-state index contributed by atoms with van der Waals surface area (Å²) < 4.78 is 0. The highest BCUT2D eigenvalue weighted by Gasteiger charge is 2.12. The van der Waals surface area contributed by atoms with Gasteiger partial charge < -0.3 is 15.8 Å². The van der Waals surface area contributed by atoms with E-state index >= 15 is 0 Å². The number of aromatic nitrogens is 1. The largest absolute Gasteiger partial charge is 0.355 e. The number of pyridine rings is 1. The van der Waals surface area contributed by atoms with Crippen LogP contribution in [0.25, 0.3) is 6.08 Å². The summed E-state index contributed by atoms with van der Waals surface area (Å²) in [5, 5.41) is 14.3. The Morgan fingerprint density at radius 3 is 2.67 bits per heavy atom. The second-order valence-electron chi connectivity index (χ2n) is 6.09. The lowest BCUT2D eigenvalue weighted by atomic mass is 10.1. The number of amides is 1. The summed E-state index contributed by atoms with van der Waals surface area (Å²) in [7, 11) is 2.19. The fraction of sp³-hybridized carbons (Fsp3) is 0.0455. The maximum Gasteiger partial charge on any atom is 0.252 e. The zero-order valence-corrected chi connectivity index (χ0v) is 18.7. The average molecular weight is 451 g/mol. The lowest BCUT2D eigenvalue weighted by Crippen LogP contribution is -2.18. The van der Waals surface area contributed by atoms with Crippen LogP contribution in [0.4, 0.5) is 5.69 Å². The summed E-state index contributed by atoms with van der Waals surface area (Å²) >= 11 is 6.56. The van der Waals surface area contributed by atoms with Crippen molar-refractivity contribution in [1.29, 1.82) is 5.41 Å². The molecule has 0 unspecified atom stereocenters. The van der Waals surface area contributed by atoms with Gasteiger partial charge in [0.2, 0.25) is 0 Å². The van der Waals surface area contributed by atoms with E-state index in [1.54, 1.807) is 31.5 Å². The van der Waals surface area contributed by atoms with Gasteiger partial charge >= 0.3 is 0 Å². The maximum atomic E-state index is 12.1. The molecule has 1 aromatic heterocycles. The van der Waals surface area contributed by atoms with Gasteiger partial charge in [-0.1, -0.05) is 30.0 Å². The van der Waals surface area contributed by atoms with Gasteiger partial charge in [0.1, 0.15) is 0 Å². The monoisotopic (exact) mass is 450 g/mol. The van der Waals surface area contributed by atoms with Crippen molar-refractivity contribution in [3.63, 3.8) is 0 Å². The Kier molecular flexibility index (Phi) is 7.85. The Morgan fingerprint density at radius 1 is 1.13 bits per heavy atom. The first-order chi connectivity index (χ1) is 14.6. The molecule has 30 heavy (non-hydrogen) atoms. The first-order valence-electron chi connectivity index (χ1n) is 9.02. The van der Waals surface area contributed by atoms with Crippen molar-refractivity contribution in [3.05, 3.63) is 89.8 Å². The highest BCUT2D eigenvalue weighted by atomic mass is 32.4. The third-order valence-electron chi connectivity index (χ3n) is 4.14. The van der Waals surface area contributed by atoms with E-state index in [2.05, 4.69) is 15.4 Å². The Hall–Kier alpha value is -2.86. The van der Waals surface area contributed by atoms with Crippen LogP contribution >= 0.6 is 19.3 Å². The fourth-order valence-corrected chi connectivity index (χ4v) is 4.26. The SMILES string of the molecule is CNC(=O)c1ccccc1Sc1ccc(C(=N)/C=C/c2ccccn2)c(NP=S)c1. The van der Waals surface area contributed by atoms with Crippen LogP contribution in [-0.4, -0.2) is 23.7 Å². The predicted molar refractivity (Wildman–Crippen MR) is 128 cm³/mol. The molecule has 0 fully saturated rings. The van der Waals surface area contributed by atoms with E-state index in [0.29, 0.717) is 18.8 Å². The molecule has 1 heterocycles. The minimum atomic E-state index is -0.126. The molecule has 3 rings (SSSR count). The van der Waals surface area contributed by atoms with E-state index in [1.165, 1.54) is 11.8 Å². The van der Waals surface area contributed by atoms with Crippen molar-refractivity contribution in [1.82, 2.24) is 10.3 Å². The van der Waals surface area contributed by atoms with Gasteiger partial charge in [0.15, 0.2) is 0 Å². The predicted octanol–water partition coefficient (Wildman–Crippen LogP) is 5.41. The van der Waals surface area contributed by atoms with Gasteiger partial charge in [-0.3, -0.25) is 9.78 Å². The van der Waals surface area contributed by atoms with Gasteiger partial charge in [-0.25, -0.2) is 0 Å². The second kappa shape index (κ2) is 10.8. The summed E-state index contributed by atoms with van der Waals surface area (Å²) in [5.74, 6) is -0.126. The first kappa shape index (κ1) is 21.8. The number of hydrogen-bond acceptors (Lipinski definition) is 5. The normalized spacial score (nSPS) is 10.8. The number of rotatable bonds is 8. The smallest absolute Gasteiger partial charge is 0.252 e. The van der Waals surface area contributed by atoms with E-state index in [-0.39, 0.29) is 5.91 Å². The molecule has 1 amide bonds. The van der Waals surface area contributed by atoms with Crippen LogP contribution < -0.4 is 10.4 Å². The van der Waals surface area contributed by atoms with E-state index in [1.807, 2.05) is 54.6 Å². The van der Waals surface area contributed by atoms with Gasteiger partial charge in [0, 0.05) is 28.6 Å². The van der Waals surface area contributed by atoms with Crippen molar-refractivity contribution in [2.75, 3.05) is 12.1 Å². The third kappa shape index (κ3) is 5.60. The molecule has 5 nitrogen and oxygen atoms in total. The minimum absolute atomic E-state index is 0.126. The molecule has 0 atom stereocenters. The Bertz CT molecular complexity index is 1100. The molecule has 0 aliphatic carbocycles. The topological polar surface area (TPSA) is 77.9 Å². The number of carbonyl (C=O) groups is 1. The Balaban J connectivity index is 1.87. The van der Waals surface area contributed by atoms with Crippen LogP contribution in [0.15, 0.2) is 82.7 Å². The molecule has 8 heteroatoms. The van der Waals surface area contributed by atoms with Crippen molar-refractivity contribution >= 4 is 54.5 Å². The second-order valence-corrected chi connectivity index (χ2v) is 8.16. The van der Waals surface area contributed by atoms with Crippen LogP contribution in [0.2, 0.25) is 0 Å². The standard InChI is InChI=1S/C22H19N4OPS2/c1-24-22(27)18-7-2-3-8-21(18)30-16-10-11-17(20(14-16)26-28-29)19(23)12-9-15-6-4-5-13-25-15/h2-14,23H,1H3,(H,24,27)(H,26,29)/b12-9+,23-19?. The van der Waals surface area contributed by atoms with Crippen molar-refractivity contribution < 1.29 is 4.79 Å². The maximum absolute atomic E-state index is 12.1. The van der Waals surface area contributed by atoms with Gasteiger partial charge in [-0.15, -0.1) is 0 Å². The van der Waals surface area contributed by atoms with Crippen LogP contribution in [0.1, 0.15) is 21.6 Å². The van der Waals surface area contributed by atoms with Crippen LogP contribution in [0.5, 0.6) is 0 Å². The lowest BCUT2D eigenvalue weighted by molar-refractivity contribution is 0.0960. The molecule has 0 saturated heterocycles. The van der Waals surface area contributed by atoms with Gasteiger partial charge in [0.05, 0.1) is 30.2 Å². The minimum Gasteiger partial charge on any atom is -0.355 e. The van der Waals surface area contributed by atoms with Crippen LogP contribution in [-0.2, 0) is 11.8 Å². The summed E-state index contributed by atoms with van der Waals surface area (Å²) in [6, 6.07) is 18.9. The van der Waals surface area contributed by atoms with Gasteiger partial charge in [-0.2, -0.15) is 0 Å². The van der Waals surface area contributed by atoms with E-state index < -0.39 is 0 Å². The third-order valence-corrected chi connectivity index (χ3v) is 5.81. The van der Waals surface area contributed by atoms with E-state index in [0.717, 1.165) is 26.7 Å².